The Hall–Kier alpha value is -1.35. The number of aryl methyl sites for hydroxylation is 1. The molecule has 100 valence electrons. The van der Waals surface area contributed by atoms with Crippen LogP contribution in [0, 0.1) is 11.8 Å². The maximum absolute atomic E-state index is 12.5. The molecule has 1 aliphatic heterocycles. The van der Waals surface area contributed by atoms with Gasteiger partial charge < -0.3 is 10.0 Å². The lowest BCUT2D eigenvalue weighted by atomic mass is 9.92. The number of benzene rings is 1. The second kappa shape index (κ2) is 4.07. The zero-order valence-electron chi connectivity index (χ0n) is 11.0. The van der Waals surface area contributed by atoms with Crippen LogP contribution in [-0.2, 0) is 11.2 Å². The molecule has 0 aromatic heterocycles. The van der Waals surface area contributed by atoms with Gasteiger partial charge in [0.25, 0.3) is 0 Å². The SMILES string of the molecule is O=C(C1C2CCc3ccccc3C21)N1CC[C@@H](O)C1. The molecule has 4 rings (SSSR count). The van der Waals surface area contributed by atoms with Crippen LogP contribution in [0.1, 0.15) is 29.9 Å². The zero-order valence-corrected chi connectivity index (χ0v) is 11.0. The van der Waals surface area contributed by atoms with Crippen LogP contribution in [-0.4, -0.2) is 35.1 Å². The van der Waals surface area contributed by atoms with Crippen LogP contribution in [0.25, 0.3) is 0 Å². The van der Waals surface area contributed by atoms with E-state index in [0.29, 0.717) is 18.4 Å². The van der Waals surface area contributed by atoms with E-state index in [1.807, 2.05) is 4.90 Å². The summed E-state index contributed by atoms with van der Waals surface area (Å²) in [7, 11) is 0. The summed E-state index contributed by atoms with van der Waals surface area (Å²) in [5.74, 6) is 1.48. The van der Waals surface area contributed by atoms with Gasteiger partial charge in [-0.1, -0.05) is 24.3 Å². The first-order chi connectivity index (χ1) is 9.25. The fraction of sp³-hybridized carbons (Fsp3) is 0.562. The van der Waals surface area contributed by atoms with Crippen LogP contribution in [0.2, 0.25) is 0 Å². The number of β-amino-alcohol motifs (C(OH)–C–C–N with tert-alkyl or cyclic N) is 1. The van der Waals surface area contributed by atoms with Crippen molar-refractivity contribution in [3.8, 4) is 0 Å². The van der Waals surface area contributed by atoms with Crippen molar-refractivity contribution in [1.82, 2.24) is 4.90 Å². The number of aliphatic hydroxyl groups is 1. The van der Waals surface area contributed by atoms with Gasteiger partial charge in [-0.05, 0) is 42.2 Å². The maximum Gasteiger partial charge on any atom is 0.226 e. The van der Waals surface area contributed by atoms with Crippen LogP contribution < -0.4 is 0 Å². The Morgan fingerprint density at radius 1 is 1.26 bits per heavy atom. The van der Waals surface area contributed by atoms with Crippen molar-refractivity contribution < 1.29 is 9.90 Å². The van der Waals surface area contributed by atoms with E-state index < -0.39 is 0 Å². The molecule has 2 fully saturated rings. The highest BCUT2D eigenvalue weighted by Gasteiger charge is 2.58. The molecule has 0 bridgehead atoms. The lowest BCUT2D eigenvalue weighted by Gasteiger charge is -2.15. The van der Waals surface area contributed by atoms with E-state index in [1.54, 1.807) is 0 Å². The zero-order chi connectivity index (χ0) is 13.0. The van der Waals surface area contributed by atoms with E-state index in [0.717, 1.165) is 25.8 Å². The van der Waals surface area contributed by atoms with Gasteiger partial charge in [-0.15, -0.1) is 0 Å². The second-order valence-electron chi connectivity index (χ2n) is 6.18. The van der Waals surface area contributed by atoms with Crippen LogP contribution in [0.4, 0.5) is 0 Å². The van der Waals surface area contributed by atoms with Gasteiger partial charge in [0.05, 0.1) is 6.10 Å². The molecule has 3 aliphatic rings. The maximum atomic E-state index is 12.5. The third-order valence-corrected chi connectivity index (χ3v) is 5.09. The molecule has 3 unspecified atom stereocenters. The van der Waals surface area contributed by atoms with Gasteiger partial charge in [-0.3, -0.25) is 4.79 Å². The van der Waals surface area contributed by atoms with Crippen LogP contribution in [0.5, 0.6) is 0 Å². The van der Waals surface area contributed by atoms with Gasteiger partial charge in [-0.25, -0.2) is 0 Å². The highest BCUT2D eigenvalue weighted by Crippen LogP contribution is 2.60. The van der Waals surface area contributed by atoms with Gasteiger partial charge in [0.15, 0.2) is 0 Å². The standard InChI is InChI=1S/C16H19NO2/c18-11-7-8-17(9-11)16(19)15-13-6-5-10-3-1-2-4-12(10)14(13)15/h1-4,11,13-15,18H,5-9H2/t11-,13?,14?,15?/m1/s1. The highest BCUT2D eigenvalue weighted by atomic mass is 16.3. The molecule has 1 amide bonds. The number of fused-ring (bicyclic) bond motifs is 3. The molecule has 0 radical (unpaired) electrons. The van der Waals surface area contributed by atoms with Crippen molar-refractivity contribution in [3.63, 3.8) is 0 Å². The van der Waals surface area contributed by atoms with Crippen LogP contribution in [0.3, 0.4) is 0 Å². The summed E-state index contributed by atoms with van der Waals surface area (Å²) in [5.41, 5.74) is 2.83. The minimum atomic E-state index is -0.308. The molecular formula is C16H19NO2. The number of hydrogen-bond acceptors (Lipinski definition) is 2. The van der Waals surface area contributed by atoms with Crippen molar-refractivity contribution >= 4 is 5.91 Å². The number of nitrogens with zero attached hydrogens (tertiary/aromatic N) is 1. The van der Waals surface area contributed by atoms with E-state index in [4.69, 9.17) is 0 Å². The Balaban J connectivity index is 1.55. The van der Waals surface area contributed by atoms with Crippen molar-refractivity contribution in [3.05, 3.63) is 35.4 Å². The van der Waals surface area contributed by atoms with E-state index in [2.05, 4.69) is 24.3 Å². The summed E-state index contributed by atoms with van der Waals surface area (Å²) in [5, 5.41) is 9.57. The Bertz CT molecular complexity index is 527. The topological polar surface area (TPSA) is 40.5 Å². The first-order valence-corrected chi connectivity index (χ1v) is 7.30. The molecular weight excluding hydrogens is 238 g/mol. The Labute approximate surface area is 113 Å². The van der Waals surface area contributed by atoms with Crippen LogP contribution in [0.15, 0.2) is 24.3 Å². The summed E-state index contributed by atoms with van der Waals surface area (Å²) in [6.07, 6.45) is 2.69. The predicted octanol–water partition coefficient (Wildman–Crippen LogP) is 1.56. The highest BCUT2D eigenvalue weighted by molar-refractivity contribution is 5.84. The molecule has 2 aliphatic carbocycles. The largest absolute Gasteiger partial charge is 0.391 e. The number of carbonyl (C=O) groups excluding carboxylic acids is 1. The smallest absolute Gasteiger partial charge is 0.226 e. The molecule has 1 aromatic rings. The van der Waals surface area contributed by atoms with Crippen molar-refractivity contribution in [2.45, 2.75) is 31.3 Å². The average Bonchev–Trinajstić information content (AvgIpc) is 3.03. The van der Waals surface area contributed by atoms with Gasteiger partial charge in [0.1, 0.15) is 0 Å². The lowest BCUT2D eigenvalue weighted by Crippen LogP contribution is -2.31. The summed E-state index contributed by atoms with van der Waals surface area (Å²) < 4.78 is 0. The molecule has 1 N–H and O–H groups in total. The minimum Gasteiger partial charge on any atom is -0.391 e. The normalized spacial score (nSPS) is 35.7. The average molecular weight is 257 g/mol. The molecule has 3 heteroatoms. The fourth-order valence-electron chi connectivity index (χ4n) is 4.06. The van der Waals surface area contributed by atoms with Gasteiger partial charge >= 0.3 is 0 Å². The number of hydrogen-bond donors (Lipinski definition) is 1. The third kappa shape index (κ3) is 1.71. The predicted molar refractivity (Wildman–Crippen MR) is 71.7 cm³/mol. The quantitative estimate of drug-likeness (QED) is 0.829. The molecule has 1 saturated heterocycles. The number of carbonyl (C=O) groups is 1. The number of rotatable bonds is 1. The van der Waals surface area contributed by atoms with Crippen molar-refractivity contribution in [1.29, 1.82) is 0 Å². The van der Waals surface area contributed by atoms with Gasteiger partial charge in [-0.2, -0.15) is 0 Å². The van der Waals surface area contributed by atoms with Gasteiger partial charge in [0, 0.05) is 19.0 Å². The van der Waals surface area contributed by atoms with E-state index in [9.17, 15) is 9.90 Å². The first-order valence-electron chi connectivity index (χ1n) is 7.30. The monoisotopic (exact) mass is 257 g/mol. The Kier molecular flexibility index (Phi) is 2.46. The molecule has 4 atom stereocenters. The Morgan fingerprint density at radius 2 is 2.11 bits per heavy atom. The van der Waals surface area contributed by atoms with E-state index in [1.165, 1.54) is 11.1 Å². The molecule has 1 heterocycles. The number of likely N-dealkylation sites (tertiary alicyclic amines) is 1. The molecule has 3 nitrogen and oxygen atoms in total. The Morgan fingerprint density at radius 3 is 2.89 bits per heavy atom. The summed E-state index contributed by atoms with van der Waals surface area (Å²) in [4.78, 5) is 14.4. The van der Waals surface area contributed by atoms with E-state index >= 15 is 0 Å². The molecule has 1 saturated carbocycles. The first kappa shape index (κ1) is 11.5. The lowest BCUT2D eigenvalue weighted by molar-refractivity contribution is -0.132. The molecule has 0 spiro atoms. The van der Waals surface area contributed by atoms with E-state index in [-0.39, 0.29) is 17.9 Å². The minimum absolute atomic E-state index is 0.189. The van der Waals surface area contributed by atoms with Crippen LogP contribution >= 0.6 is 0 Å². The van der Waals surface area contributed by atoms with Crippen molar-refractivity contribution in [2.75, 3.05) is 13.1 Å². The number of amides is 1. The second-order valence-corrected chi connectivity index (χ2v) is 6.18. The third-order valence-electron chi connectivity index (χ3n) is 5.09. The number of aliphatic hydroxyl groups excluding tert-OH is 1. The van der Waals surface area contributed by atoms with Gasteiger partial charge in [0.2, 0.25) is 5.91 Å². The molecule has 19 heavy (non-hydrogen) atoms. The fourth-order valence-corrected chi connectivity index (χ4v) is 4.06. The molecule has 1 aromatic carbocycles. The summed E-state index contributed by atoms with van der Waals surface area (Å²) >= 11 is 0. The summed E-state index contributed by atoms with van der Waals surface area (Å²) in [6.45, 7) is 1.27. The van der Waals surface area contributed by atoms with Crippen molar-refractivity contribution in [2.24, 2.45) is 11.8 Å². The summed E-state index contributed by atoms with van der Waals surface area (Å²) in [6, 6.07) is 8.57.